The third kappa shape index (κ3) is 2.69. The van der Waals surface area contributed by atoms with Crippen molar-refractivity contribution in [3.8, 4) is 11.5 Å². The van der Waals surface area contributed by atoms with Gasteiger partial charge in [-0.15, -0.1) is 0 Å². The number of rotatable bonds is 4. The molecule has 2 rings (SSSR count). The molecule has 0 aliphatic heterocycles. The SMILES string of the molecule is Oc1cccc(C(F)(F)C(F)(F)C(F)(F)c2cccc(O)c2)c1. The zero-order chi connectivity index (χ0) is 17.5. The number of phenols is 2. The van der Waals surface area contributed by atoms with E-state index in [0.29, 0.717) is 12.1 Å². The summed E-state index contributed by atoms with van der Waals surface area (Å²) in [6.07, 6.45) is 0. The van der Waals surface area contributed by atoms with E-state index in [-0.39, 0.29) is 12.1 Å². The second kappa shape index (κ2) is 5.36. The zero-order valence-electron chi connectivity index (χ0n) is 11.3. The van der Waals surface area contributed by atoms with Gasteiger partial charge in [0.2, 0.25) is 0 Å². The summed E-state index contributed by atoms with van der Waals surface area (Å²) < 4.78 is 83.9. The first kappa shape index (κ1) is 17.0. The quantitative estimate of drug-likeness (QED) is 0.800. The van der Waals surface area contributed by atoms with Crippen molar-refractivity contribution in [2.24, 2.45) is 0 Å². The number of aromatic hydroxyl groups is 2. The van der Waals surface area contributed by atoms with Crippen LogP contribution in [0.3, 0.4) is 0 Å². The Hall–Kier alpha value is -2.38. The van der Waals surface area contributed by atoms with E-state index >= 15 is 0 Å². The zero-order valence-corrected chi connectivity index (χ0v) is 11.3. The average Bonchev–Trinajstić information content (AvgIpc) is 2.46. The fourth-order valence-electron chi connectivity index (χ4n) is 1.96. The van der Waals surface area contributed by atoms with E-state index < -0.39 is 40.4 Å². The van der Waals surface area contributed by atoms with Crippen molar-refractivity contribution in [1.29, 1.82) is 0 Å². The highest BCUT2D eigenvalue weighted by Crippen LogP contribution is 2.55. The van der Waals surface area contributed by atoms with E-state index in [2.05, 4.69) is 0 Å². The summed E-state index contributed by atoms with van der Waals surface area (Å²) in [6.45, 7) is 0. The number of benzene rings is 2. The summed E-state index contributed by atoms with van der Waals surface area (Å²) >= 11 is 0. The normalized spacial score (nSPS) is 13.1. The summed E-state index contributed by atoms with van der Waals surface area (Å²) in [5, 5.41) is 18.2. The summed E-state index contributed by atoms with van der Waals surface area (Å²) in [5.74, 6) is -17.9. The molecule has 8 heteroatoms. The minimum absolute atomic E-state index is 0.284. The highest BCUT2D eigenvalue weighted by Gasteiger charge is 2.72. The molecule has 23 heavy (non-hydrogen) atoms. The van der Waals surface area contributed by atoms with Gasteiger partial charge < -0.3 is 10.2 Å². The summed E-state index contributed by atoms with van der Waals surface area (Å²) in [7, 11) is 0. The van der Waals surface area contributed by atoms with Crippen molar-refractivity contribution < 1.29 is 36.6 Å². The van der Waals surface area contributed by atoms with Crippen LogP contribution in [-0.2, 0) is 11.8 Å². The molecule has 0 unspecified atom stereocenters. The molecular formula is C15H10F6O2. The van der Waals surface area contributed by atoms with Gasteiger partial charge >= 0.3 is 17.8 Å². The molecule has 0 saturated carbocycles. The molecule has 124 valence electrons. The highest BCUT2D eigenvalue weighted by atomic mass is 19.3. The fourth-order valence-corrected chi connectivity index (χ4v) is 1.96. The lowest BCUT2D eigenvalue weighted by Gasteiger charge is -2.33. The Bertz CT molecular complexity index is 655. The van der Waals surface area contributed by atoms with E-state index in [1.165, 1.54) is 0 Å². The summed E-state index contributed by atoms with van der Waals surface area (Å²) in [4.78, 5) is 0. The Labute approximate surface area is 126 Å². The van der Waals surface area contributed by atoms with Crippen LogP contribution in [0.5, 0.6) is 11.5 Å². The van der Waals surface area contributed by atoms with Crippen LogP contribution < -0.4 is 0 Å². The molecule has 0 aromatic heterocycles. The van der Waals surface area contributed by atoms with Crippen LogP contribution in [0, 0.1) is 0 Å². The molecule has 0 bridgehead atoms. The minimum atomic E-state index is -5.80. The molecular weight excluding hydrogens is 326 g/mol. The van der Waals surface area contributed by atoms with Crippen LogP contribution in [0.2, 0.25) is 0 Å². The molecule has 2 aromatic rings. The van der Waals surface area contributed by atoms with E-state index in [4.69, 9.17) is 10.2 Å². The van der Waals surface area contributed by atoms with Crippen molar-refractivity contribution in [2.75, 3.05) is 0 Å². The Morgan fingerprint density at radius 2 is 0.957 bits per heavy atom. The molecule has 0 aliphatic carbocycles. The lowest BCUT2D eigenvalue weighted by molar-refractivity contribution is -0.321. The molecule has 0 spiro atoms. The van der Waals surface area contributed by atoms with E-state index in [9.17, 15) is 26.3 Å². The first-order chi connectivity index (χ1) is 10.5. The second-order valence-corrected chi connectivity index (χ2v) is 4.82. The lowest BCUT2D eigenvalue weighted by Crippen LogP contribution is -2.50. The average molecular weight is 336 g/mol. The van der Waals surface area contributed by atoms with Gasteiger partial charge in [-0.1, -0.05) is 24.3 Å². The van der Waals surface area contributed by atoms with Crippen LogP contribution in [-0.4, -0.2) is 16.1 Å². The van der Waals surface area contributed by atoms with Crippen molar-refractivity contribution in [3.63, 3.8) is 0 Å². The molecule has 0 fully saturated rings. The Morgan fingerprint density at radius 1 is 0.609 bits per heavy atom. The minimum Gasteiger partial charge on any atom is -0.508 e. The molecule has 0 atom stereocenters. The lowest BCUT2D eigenvalue weighted by atomic mass is 9.92. The monoisotopic (exact) mass is 336 g/mol. The van der Waals surface area contributed by atoms with E-state index in [1.807, 2.05) is 0 Å². The van der Waals surface area contributed by atoms with Gasteiger partial charge in [0, 0.05) is 11.1 Å². The standard InChI is InChI=1S/C15H10F6O2/c16-13(17,9-3-1-5-11(22)7-9)15(20,21)14(18,19)10-4-2-6-12(23)8-10/h1-8,22-23H. The van der Waals surface area contributed by atoms with Gasteiger partial charge in [-0.2, -0.15) is 26.3 Å². The van der Waals surface area contributed by atoms with Crippen molar-refractivity contribution in [3.05, 3.63) is 59.7 Å². The van der Waals surface area contributed by atoms with Gasteiger partial charge in [-0.25, -0.2) is 0 Å². The van der Waals surface area contributed by atoms with Gasteiger partial charge in [-0.05, 0) is 24.3 Å². The van der Waals surface area contributed by atoms with Crippen LogP contribution >= 0.6 is 0 Å². The second-order valence-electron chi connectivity index (χ2n) is 4.82. The van der Waals surface area contributed by atoms with Crippen LogP contribution in [0.1, 0.15) is 11.1 Å². The summed E-state index contributed by atoms with van der Waals surface area (Å²) in [6, 6.07) is 5.12. The molecule has 2 N–H and O–H groups in total. The first-order valence-electron chi connectivity index (χ1n) is 6.22. The maximum absolute atomic E-state index is 14.0. The van der Waals surface area contributed by atoms with Crippen molar-refractivity contribution in [2.45, 2.75) is 17.8 Å². The highest BCUT2D eigenvalue weighted by molar-refractivity contribution is 5.36. The molecule has 2 aromatic carbocycles. The first-order valence-corrected chi connectivity index (χ1v) is 6.22. The number of alkyl halides is 6. The largest absolute Gasteiger partial charge is 0.508 e. The molecule has 0 aliphatic rings. The third-order valence-corrected chi connectivity index (χ3v) is 3.21. The van der Waals surface area contributed by atoms with Crippen LogP contribution in [0.15, 0.2) is 48.5 Å². The van der Waals surface area contributed by atoms with Crippen molar-refractivity contribution in [1.82, 2.24) is 0 Å². The third-order valence-electron chi connectivity index (χ3n) is 3.21. The van der Waals surface area contributed by atoms with Gasteiger partial charge in [-0.3, -0.25) is 0 Å². The molecule has 2 nitrogen and oxygen atoms in total. The predicted molar refractivity (Wildman–Crippen MR) is 68.9 cm³/mol. The Kier molecular flexibility index (Phi) is 3.96. The number of phenolic OH excluding ortho intramolecular Hbond substituents is 2. The van der Waals surface area contributed by atoms with Gasteiger partial charge in [0.1, 0.15) is 11.5 Å². The van der Waals surface area contributed by atoms with Gasteiger partial charge in [0.05, 0.1) is 0 Å². The maximum atomic E-state index is 14.0. The number of hydrogen-bond acceptors (Lipinski definition) is 2. The summed E-state index contributed by atoms with van der Waals surface area (Å²) in [5.41, 5.74) is -2.91. The molecule has 0 amide bonds. The molecule has 0 saturated heterocycles. The van der Waals surface area contributed by atoms with Gasteiger partial charge in [0.15, 0.2) is 0 Å². The van der Waals surface area contributed by atoms with E-state index in [0.717, 1.165) is 24.3 Å². The smallest absolute Gasteiger partial charge is 0.380 e. The topological polar surface area (TPSA) is 40.5 Å². The van der Waals surface area contributed by atoms with Crippen LogP contribution in [0.4, 0.5) is 26.3 Å². The number of hydrogen-bond donors (Lipinski definition) is 2. The number of halogens is 6. The Morgan fingerprint density at radius 3 is 1.26 bits per heavy atom. The maximum Gasteiger partial charge on any atom is 0.380 e. The molecule has 0 heterocycles. The van der Waals surface area contributed by atoms with Crippen molar-refractivity contribution >= 4 is 0 Å². The van der Waals surface area contributed by atoms with Gasteiger partial charge in [0.25, 0.3) is 0 Å². The fraction of sp³-hybridized carbons (Fsp3) is 0.200. The molecule has 0 radical (unpaired) electrons. The van der Waals surface area contributed by atoms with E-state index in [1.54, 1.807) is 0 Å². The Balaban J connectivity index is 2.54. The van der Waals surface area contributed by atoms with Crippen LogP contribution in [0.25, 0.3) is 0 Å². The predicted octanol–water partition coefficient (Wildman–Crippen LogP) is 4.62.